The quantitative estimate of drug-likeness (QED) is 0.552. The first-order valence-corrected chi connectivity index (χ1v) is 3.52. The van der Waals surface area contributed by atoms with Gasteiger partial charge in [-0.1, -0.05) is 0 Å². The minimum Gasteiger partial charge on any atom is -0.400 e. The van der Waals surface area contributed by atoms with Gasteiger partial charge in [0.25, 0.3) is 0 Å². The zero-order valence-electron chi connectivity index (χ0n) is 6.79. The fourth-order valence-electron chi connectivity index (χ4n) is 0.886. The van der Waals surface area contributed by atoms with E-state index in [1.54, 1.807) is 11.1 Å². The molecular weight excluding hydrogens is 140 g/mol. The van der Waals surface area contributed by atoms with Crippen LogP contribution in [0.3, 0.4) is 0 Å². The Balaban J connectivity index is 2.74. The van der Waals surface area contributed by atoms with Crippen molar-refractivity contribution >= 4 is 5.91 Å². The second kappa shape index (κ2) is 2.78. The van der Waals surface area contributed by atoms with Gasteiger partial charge in [0, 0.05) is 18.8 Å². The Kier molecular flexibility index (Phi) is 1.98. The fraction of sp³-hybridized carbons (Fsp3) is 0.375. The van der Waals surface area contributed by atoms with Crippen molar-refractivity contribution in [2.24, 2.45) is 5.73 Å². The molecule has 0 saturated carbocycles. The van der Waals surface area contributed by atoms with Crippen molar-refractivity contribution in [3.63, 3.8) is 0 Å². The summed E-state index contributed by atoms with van der Waals surface area (Å²) in [5, 5.41) is 0. The Bertz CT molecular complexity index is 240. The van der Waals surface area contributed by atoms with Gasteiger partial charge in [-0.15, -0.1) is 0 Å². The molecule has 3 heteroatoms. The third-order valence-corrected chi connectivity index (χ3v) is 1.76. The van der Waals surface area contributed by atoms with E-state index in [4.69, 9.17) is 5.73 Å². The second-order valence-corrected chi connectivity index (χ2v) is 2.67. The van der Waals surface area contributed by atoms with Crippen LogP contribution in [0.5, 0.6) is 0 Å². The van der Waals surface area contributed by atoms with E-state index in [1.807, 2.05) is 13.0 Å². The van der Waals surface area contributed by atoms with E-state index in [0.29, 0.717) is 6.54 Å². The first kappa shape index (κ1) is 7.85. The number of carbonyl (C=O) groups is 1. The highest BCUT2D eigenvalue weighted by Gasteiger charge is 2.10. The highest BCUT2D eigenvalue weighted by Crippen LogP contribution is 2.09. The lowest BCUT2D eigenvalue weighted by Crippen LogP contribution is -2.30. The van der Waals surface area contributed by atoms with Gasteiger partial charge in [-0.25, -0.2) is 0 Å². The van der Waals surface area contributed by atoms with Gasteiger partial charge in [-0.3, -0.25) is 4.79 Å². The summed E-state index contributed by atoms with van der Waals surface area (Å²) < 4.78 is 0. The van der Waals surface area contributed by atoms with E-state index in [0.717, 1.165) is 11.3 Å². The van der Waals surface area contributed by atoms with Crippen LogP contribution in [-0.4, -0.2) is 17.4 Å². The molecule has 0 radical (unpaired) electrons. The van der Waals surface area contributed by atoms with Crippen LogP contribution in [0, 0.1) is 0 Å². The molecule has 1 heterocycles. The number of hydrogen-bond acceptors (Lipinski definition) is 2. The summed E-state index contributed by atoms with van der Waals surface area (Å²) in [5.74, 6) is 0.0247. The lowest BCUT2D eigenvalue weighted by atomic mass is 10.2. The molecule has 60 valence electrons. The zero-order valence-corrected chi connectivity index (χ0v) is 6.79. The minimum absolute atomic E-state index is 0.0247. The number of nitrogens with zero attached hydrogens (tertiary/aromatic N) is 1. The number of carbonyl (C=O) groups excluding carboxylic acids is 1. The number of rotatable bonds is 0. The first-order chi connectivity index (χ1) is 5.11. The molecule has 0 fully saturated rings. The van der Waals surface area contributed by atoms with Crippen molar-refractivity contribution in [3.8, 4) is 0 Å². The van der Waals surface area contributed by atoms with Gasteiger partial charge in [0.15, 0.2) is 0 Å². The zero-order chi connectivity index (χ0) is 8.43. The molecule has 0 saturated heterocycles. The Morgan fingerprint density at radius 1 is 1.73 bits per heavy atom. The van der Waals surface area contributed by atoms with E-state index < -0.39 is 0 Å². The first-order valence-electron chi connectivity index (χ1n) is 3.52. The van der Waals surface area contributed by atoms with Crippen LogP contribution in [-0.2, 0) is 4.79 Å². The van der Waals surface area contributed by atoms with E-state index >= 15 is 0 Å². The summed E-state index contributed by atoms with van der Waals surface area (Å²) in [6.45, 7) is 3.99. The van der Waals surface area contributed by atoms with Crippen LogP contribution < -0.4 is 5.73 Å². The van der Waals surface area contributed by atoms with Crippen LogP contribution >= 0.6 is 0 Å². The molecule has 0 atom stereocenters. The van der Waals surface area contributed by atoms with Gasteiger partial charge < -0.3 is 10.6 Å². The van der Waals surface area contributed by atoms with E-state index in [1.165, 1.54) is 6.92 Å². The van der Waals surface area contributed by atoms with Gasteiger partial charge in [0.05, 0.1) is 6.54 Å². The number of hydrogen-bond donors (Lipinski definition) is 1. The summed E-state index contributed by atoms with van der Waals surface area (Å²) in [6.07, 6.45) is 3.61. The maximum atomic E-state index is 10.8. The third kappa shape index (κ3) is 1.61. The van der Waals surface area contributed by atoms with Crippen LogP contribution in [0.15, 0.2) is 23.5 Å². The molecule has 2 N–H and O–H groups in total. The lowest BCUT2D eigenvalue weighted by Gasteiger charge is -2.21. The molecule has 0 aliphatic carbocycles. The molecule has 11 heavy (non-hydrogen) atoms. The molecule has 0 aromatic carbocycles. The Hall–Kier alpha value is -1.25. The maximum Gasteiger partial charge on any atom is 0.223 e. The number of amides is 1. The molecule has 1 amide bonds. The highest BCUT2D eigenvalue weighted by atomic mass is 16.2. The average molecular weight is 152 g/mol. The summed E-state index contributed by atoms with van der Waals surface area (Å²) in [6, 6.07) is 0. The number of allylic oxidation sites excluding steroid dienone is 2. The Morgan fingerprint density at radius 2 is 2.36 bits per heavy atom. The van der Waals surface area contributed by atoms with Gasteiger partial charge in [-0.05, 0) is 18.6 Å². The molecule has 0 unspecified atom stereocenters. The van der Waals surface area contributed by atoms with Gasteiger partial charge in [0.2, 0.25) is 5.91 Å². The monoisotopic (exact) mass is 152 g/mol. The predicted octanol–water partition coefficient (Wildman–Crippen LogP) is 0.595. The van der Waals surface area contributed by atoms with E-state index in [9.17, 15) is 4.79 Å². The molecule has 3 nitrogen and oxygen atoms in total. The molecule has 1 rings (SSSR count). The molecular formula is C8H12N2O. The SMILES string of the molecule is CC(=O)N1C=CC(C)=C(N)C1. The van der Waals surface area contributed by atoms with Gasteiger partial charge >= 0.3 is 0 Å². The summed E-state index contributed by atoms with van der Waals surface area (Å²) >= 11 is 0. The van der Waals surface area contributed by atoms with Crippen molar-refractivity contribution < 1.29 is 4.79 Å². The molecule has 1 aliphatic rings. The van der Waals surface area contributed by atoms with E-state index in [-0.39, 0.29) is 5.91 Å². The smallest absolute Gasteiger partial charge is 0.223 e. The molecule has 0 spiro atoms. The van der Waals surface area contributed by atoms with Crippen LogP contribution in [0.1, 0.15) is 13.8 Å². The predicted molar refractivity (Wildman–Crippen MR) is 43.4 cm³/mol. The normalized spacial score (nSPS) is 17.5. The standard InChI is InChI=1S/C8H12N2O/c1-6-3-4-10(7(2)11)5-8(6)9/h3-4H,5,9H2,1-2H3. The van der Waals surface area contributed by atoms with Crippen molar-refractivity contribution in [2.75, 3.05) is 6.54 Å². The van der Waals surface area contributed by atoms with Crippen molar-refractivity contribution in [3.05, 3.63) is 23.5 Å². The van der Waals surface area contributed by atoms with Crippen molar-refractivity contribution in [1.29, 1.82) is 0 Å². The van der Waals surface area contributed by atoms with Crippen LogP contribution in [0.2, 0.25) is 0 Å². The second-order valence-electron chi connectivity index (χ2n) is 2.67. The van der Waals surface area contributed by atoms with Crippen molar-refractivity contribution in [1.82, 2.24) is 4.90 Å². The summed E-state index contributed by atoms with van der Waals surface area (Å²) in [5.41, 5.74) is 7.45. The van der Waals surface area contributed by atoms with Gasteiger partial charge in [-0.2, -0.15) is 0 Å². The lowest BCUT2D eigenvalue weighted by molar-refractivity contribution is -0.126. The topological polar surface area (TPSA) is 46.3 Å². The third-order valence-electron chi connectivity index (χ3n) is 1.76. The minimum atomic E-state index is 0.0247. The van der Waals surface area contributed by atoms with E-state index in [2.05, 4.69) is 0 Å². The summed E-state index contributed by atoms with van der Waals surface area (Å²) in [4.78, 5) is 12.4. The Labute approximate surface area is 66.2 Å². The maximum absolute atomic E-state index is 10.8. The highest BCUT2D eigenvalue weighted by molar-refractivity contribution is 5.75. The summed E-state index contributed by atoms with van der Waals surface area (Å²) in [7, 11) is 0. The Morgan fingerprint density at radius 3 is 2.82 bits per heavy atom. The molecule has 1 aliphatic heterocycles. The van der Waals surface area contributed by atoms with Crippen LogP contribution in [0.4, 0.5) is 0 Å². The number of nitrogens with two attached hydrogens (primary N) is 1. The molecule has 0 aromatic heterocycles. The average Bonchev–Trinajstić information content (AvgIpc) is 1.94. The largest absolute Gasteiger partial charge is 0.400 e. The van der Waals surface area contributed by atoms with Crippen molar-refractivity contribution in [2.45, 2.75) is 13.8 Å². The van der Waals surface area contributed by atoms with Crippen LogP contribution in [0.25, 0.3) is 0 Å². The molecule has 0 aromatic rings. The molecule has 0 bridgehead atoms. The fourth-order valence-corrected chi connectivity index (χ4v) is 0.886. The van der Waals surface area contributed by atoms with Gasteiger partial charge in [0.1, 0.15) is 0 Å².